The van der Waals surface area contributed by atoms with Gasteiger partial charge in [0.15, 0.2) is 0 Å². The Morgan fingerprint density at radius 1 is 0.723 bits per heavy atom. The van der Waals surface area contributed by atoms with Gasteiger partial charge in [0.25, 0.3) is 0 Å². The first kappa shape index (κ1) is 43.7. The van der Waals surface area contributed by atoms with E-state index in [4.69, 9.17) is 0 Å². The minimum atomic E-state index is -1.26. The summed E-state index contributed by atoms with van der Waals surface area (Å²) in [7, 11) is 0. The Morgan fingerprint density at radius 3 is 1.85 bits per heavy atom. The summed E-state index contributed by atoms with van der Waals surface area (Å²) in [6, 6.07) is -0.957. The lowest BCUT2D eigenvalue weighted by atomic mass is 9.87. The lowest BCUT2D eigenvalue weighted by Gasteiger charge is -2.26. The Labute approximate surface area is 285 Å². The molecule has 0 radical (unpaired) electrons. The van der Waals surface area contributed by atoms with Crippen LogP contribution in [0.3, 0.4) is 0 Å². The van der Waals surface area contributed by atoms with Crippen LogP contribution in [0.25, 0.3) is 0 Å². The van der Waals surface area contributed by atoms with Crippen molar-refractivity contribution in [2.45, 2.75) is 198 Å². The molecule has 0 bridgehead atoms. The molecule has 7 N–H and O–H groups in total. The lowest BCUT2D eigenvalue weighted by molar-refractivity contribution is -0.125. The molecule has 2 unspecified atom stereocenters. The third-order valence-electron chi connectivity index (χ3n) is 9.85. The molecule has 0 spiro atoms. The van der Waals surface area contributed by atoms with Crippen LogP contribution in [0.4, 0.5) is 0 Å². The molecule has 0 heterocycles. The quantitative estimate of drug-likeness (QED) is 0.0380. The highest BCUT2D eigenvalue weighted by molar-refractivity contribution is 5.79. The zero-order valence-corrected chi connectivity index (χ0v) is 29.7. The van der Waals surface area contributed by atoms with Gasteiger partial charge in [-0.1, -0.05) is 122 Å². The van der Waals surface area contributed by atoms with Gasteiger partial charge >= 0.3 is 0 Å². The van der Waals surface area contributed by atoms with E-state index in [0.717, 1.165) is 38.5 Å². The van der Waals surface area contributed by atoms with Crippen LogP contribution in [0, 0.1) is 11.8 Å². The van der Waals surface area contributed by atoms with Crippen LogP contribution in [-0.2, 0) is 9.59 Å². The Bertz CT molecular complexity index is 824. The molecule has 9 heteroatoms. The highest BCUT2D eigenvalue weighted by Gasteiger charge is 2.41. The van der Waals surface area contributed by atoms with E-state index in [0.29, 0.717) is 25.7 Å². The molecule has 276 valence electrons. The van der Waals surface area contributed by atoms with Crippen molar-refractivity contribution in [3.8, 4) is 0 Å². The molecule has 1 rings (SSSR count). The van der Waals surface area contributed by atoms with Gasteiger partial charge in [0, 0.05) is 37.5 Å². The fraction of sp³-hybridized carbons (Fsp3) is 0.895. The summed E-state index contributed by atoms with van der Waals surface area (Å²) in [6.45, 7) is 3.85. The summed E-state index contributed by atoms with van der Waals surface area (Å²) in [5.74, 6) is -1.20. The number of unbranched alkanes of at least 4 members (excludes halogenated alkanes) is 14. The maximum absolute atomic E-state index is 12.7. The fourth-order valence-electron chi connectivity index (χ4n) is 6.74. The number of aliphatic hydroxyl groups excluding tert-OH is 6. The third-order valence-corrected chi connectivity index (χ3v) is 9.85. The lowest BCUT2D eigenvalue weighted by Crippen LogP contribution is -2.50. The van der Waals surface area contributed by atoms with Gasteiger partial charge in [-0.05, 0) is 25.7 Å². The maximum atomic E-state index is 12.7. The van der Waals surface area contributed by atoms with Crippen molar-refractivity contribution in [1.29, 1.82) is 0 Å². The molecular weight excluding hydrogens is 598 g/mol. The minimum absolute atomic E-state index is 0.0463. The number of Topliss-reactive ketones (excluding diaryl/α,β-unsaturated/α-hetero) is 1. The summed E-state index contributed by atoms with van der Waals surface area (Å²) in [5.41, 5.74) is 0. The molecule has 1 amide bonds. The number of carbonyl (C=O) groups is 2. The van der Waals surface area contributed by atoms with E-state index in [-0.39, 0.29) is 37.4 Å². The van der Waals surface area contributed by atoms with Gasteiger partial charge in [0.2, 0.25) is 5.91 Å². The molecule has 0 aromatic rings. The van der Waals surface area contributed by atoms with Crippen molar-refractivity contribution in [2.24, 2.45) is 11.8 Å². The number of carbonyl (C=O) groups excluding carboxylic acids is 2. The number of hydrogen-bond donors (Lipinski definition) is 7. The highest BCUT2D eigenvalue weighted by Crippen LogP contribution is 2.36. The predicted octanol–water partition coefficient (Wildman–Crippen LogP) is 5.65. The molecule has 0 aliphatic heterocycles. The average Bonchev–Trinajstić information content (AvgIpc) is 3.31. The monoisotopic (exact) mass is 670 g/mol. The highest BCUT2D eigenvalue weighted by atomic mass is 16.3. The van der Waals surface area contributed by atoms with Crippen molar-refractivity contribution in [3.63, 3.8) is 0 Å². The Hall–Kier alpha value is -1.36. The largest absolute Gasteiger partial charge is 0.394 e. The van der Waals surface area contributed by atoms with E-state index in [1.165, 1.54) is 57.8 Å². The normalized spacial score (nSPS) is 22.4. The first-order chi connectivity index (χ1) is 22.6. The van der Waals surface area contributed by atoms with Crippen molar-refractivity contribution >= 4 is 11.7 Å². The second-order valence-corrected chi connectivity index (χ2v) is 14.1. The first-order valence-electron chi connectivity index (χ1n) is 19.1. The molecule has 1 fully saturated rings. The van der Waals surface area contributed by atoms with Gasteiger partial charge in [-0.25, -0.2) is 0 Å². The number of rotatable bonds is 30. The third kappa shape index (κ3) is 20.0. The van der Waals surface area contributed by atoms with Crippen LogP contribution >= 0.6 is 0 Å². The van der Waals surface area contributed by atoms with Crippen molar-refractivity contribution in [2.75, 3.05) is 6.61 Å². The number of hydrogen-bond acceptors (Lipinski definition) is 8. The van der Waals surface area contributed by atoms with Crippen LogP contribution < -0.4 is 5.32 Å². The maximum Gasteiger partial charge on any atom is 0.220 e. The van der Waals surface area contributed by atoms with E-state index in [2.05, 4.69) is 19.2 Å². The van der Waals surface area contributed by atoms with Gasteiger partial charge in [-0.2, -0.15) is 0 Å². The molecule has 8 atom stereocenters. The van der Waals surface area contributed by atoms with Crippen LogP contribution in [0.2, 0.25) is 0 Å². The number of ketones is 1. The average molecular weight is 670 g/mol. The van der Waals surface area contributed by atoms with E-state index >= 15 is 0 Å². The minimum Gasteiger partial charge on any atom is -0.394 e. The molecule has 1 aliphatic carbocycles. The molecule has 0 saturated heterocycles. The fourth-order valence-corrected chi connectivity index (χ4v) is 6.74. The summed E-state index contributed by atoms with van der Waals surface area (Å²) >= 11 is 0. The Balaban J connectivity index is 2.27. The Morgan fingerprint density at radius 2 is 1.26 bits per heavy atom. The van der Waals surface area contributed by atoms with Gasteiger partial charge in [-0.15, -0.1) is 0 Å². The number of amides is 1. The van der Waals surface area contributed by atoms with Crippen molar-refractivity contribution < 1.29 is 40.2 Å². The smallest absolute Gasteiger partial charge is 0.220 e. The Kier molecular flexibility index (Phi) is 25.5. The summed E-state index contributed by atoms with van der Waals surface area (Å²) in [4.78, 5) is 25.2. The van der Waals surface area contributed by atoms with E-state index in [1.54, 1.807) is 12.2 Å². The van der Waals surface area contributed by atoms with Gasteiger partial charge in [0.05, 0.1) is 37.1 Å². The van der Waals surface area contributed by atoms with E-state index < -0.39 is 55.0 Å². The summed E-state index contributed by atoms with van der Waals surface area (Å²) in [6.07, 6.45) is 19.2. The van der Waals surface area contributed by atoms with Gasteiger partial charge < -0.3 is 36.0 Å². The predicted molar refractivity (Wildman–Crippen MR) is 188 cm³/mol. The van der Waals surface area contributed by atoms with Crippen LogP contribution in [0.5, 0.6) is 0 Å². The van der Waals surface area contributed by atoms with E-state index in [1.807, 2.05) is 0 Å². The molecule has 1 aliphatic rings. The molecule has 9 nitrogen and oxygen atoms in total. The summed E-state index contributed by atoms with van der Waals surface area (Å²) in [5, 5.41) is 64.4. The van der Waals surface area contributed by atoms with E-state index in [9.17, 15) is 40.2 Å². The number of nitrogens with one attached hydrogen (secondary N) is 1. The zero-order valence-electron chi connectivity index (χ0n) is 29.7. The van der Waals surface area contributed by atoms with Crippen LogP contribution in [0.15, 0.2) is 12.2 Å². The first-order valence-corrected chi connectivity index (χ1v) is 19.1. The topological polar surface area (TPSA) is 168 Å². The second kappa shape index (κ2) is 27.5. The molecule has 0 aromatic heterocycles. The number of aliphatic hydroxyl groups is 6. The SMILES string of the molecule is CCCCCCCCCCCCCCC(O)C(O)[C@H](CO)NC(=O)CCCCC(=O)C[C@@H]1[C@@H](/C=C/[C@@H](O)CCCCC)[C@H](O)C[C@@H]1O. The van der Waals surface area contributed by atoms with Crippen molar-refractivity contribution in [3.05, 3.63) is 12.2 Å². The summed E-state index contributed by atoms with van der Waals surface area (Å²) < 4.78 is 0. The zero-order chi connectivity index (χ0) is 34.9. The van der Waals surface area contributed by atoms with Gasteiger partial charge in [-0.3, -0.25) is 9.59 Å². The van der Waals surface area contributed by atoms with Crippen molar-refractivity contribution in [1.82, 2.24) is 5.32 Å². The van der Waals surface area contributed by atoms with Gasteiger partial charge in [0.1, 0.15) is 11.9 Å². The molecule has 0 aromatic carbocycles. The standard InChI is InChI=1S/C38H71NO8/c1-3-5-7-8-9-10-11-12-13-14-15-17-22-34(43)38(47)33(28-40)39-37(46)23-19-18-21-30(42)26-32-31(35(44)27-36(32)45)25-24-29(41)20-16-6-4-2/h24-25,29,31-36,38,40-41,43-45,47H,3-23,26-28H2,1-2H3,(H,39,46)/b25-24+/t29-,31+,32+,33-,34?,35+,36-,38?/m0/s1. The second-order valence-electron chi connectivity index (χ2n) is 14.1. The molecular formula is C38H71NO8. The molecule has 1 saturated carbocycles. The van der Waals surface area contributed by atoms with Crippen LogP contribution in [0.1, 0.15) is 162 Å². The molecule has 47 heavy (non-hydrogen) atoms. The van der Waals surface area contributed by atoms with Crippen LogP contribution in [-0.4, -0.2) is 85.5 Å².